The Morgan fingerprint density at radius 3 is 2.07 bits per heavy atom. The molecular weight excluding hydrogens is 476 g/mol. The minimum Gasteiger partial charge on any atom is -0.350 e. The van der Waals surface area contributed by atoms with Crippen LogP contribution in [0.5, 0.6) is 0 Å². The van der Waals surface area contributed by atoms with Gasteiger partial charge in [-0.1, -0.05) is 40.9 Å². The SMILES string of the molecule is CN(c1cc(Cl)c(C(F)(F)F)cc1[N+](=O)[O-])N(C(N)=O)C(=O)c1c(Cl)cccc1Cl. The number of halogens is 6. The van der Waals surface area contributed by atoms with Crippen molar-refractivity contribution in [3.8, 4) is 0 Å². The molecule has 0 aliphatic carbocycles. The molecule has 0 aliphatic heterocycles. The molecule has 8 nitrogen and oxygen atoms in total. The van der Waals surface area contributed by atoms with Crippen LogP contribution in [-0.2, 0) is 6.18 Å². The number of carbonyl (C=O) groups is 2. The molecule has 2 aromatic rings. The van der Waals surface area contributed by atoms with Crippen LogP contribution in [0, 0.1) is 10.1 Å². The van der Waals surface area contributed by atoms with E-state index in [1.54, 1.807) is 0 Å². The van der Waals surface area contributed by atoms with Crippen molar-refractivity contribution < 1.29 is 27.7 Å². The summed E-state index contributed by atoms with van der Waals surface area (Å²) in [6.07, 6.45) is -4.98. The Labute approximate surface area is 181 Å². The van der Waals surface area contributed by atoms with Gasteiger partial charge in [-0.25, -0.2) is 4.79 Å². The van der Waals surface area contributed by atoms with Crippen molar-refractivity contribution in [3.05, 3.63) is 66.6 Å². The van der Waals surface area contributed by atoms with Gasteiger partial charge < -0.3 is 5.73 Å². The minimum absolute atomic E-state index is 0.160. The van der Waals surface area contributed by atoms with Crippen molar-refractivity contribution in [1.29, 1.82) is 0 Å². The second-order valence-electron chi connectivity index (χ2n) is 5.65. The summed E-state index contributed by atoms with van der Waals surface area (Å²) in [6, 6.07) is 3.35. The van der Waals surface area contributed by atoms with Gasteiger partial charge in [-0.15, -0.1) is 0 Å². The molecule has 0 unspecified atom stereocenters. The fourth-order valence-electron chi connectivity index (χ4n) is 2.47. The lowest BCUT2D eigenvalue weighted by Crippen LogP contribution is -2.51. The second kappa shape index (κ2) is 8.54. The van der Waals surface area contributed by atoms with Crippen LogP contribution >= 0.6 is 34.8 Å². The van der Waals surface area contributed by atoms with Gasteiger partial charge in [0.25, 0.3) is 11.6 Å². The summed E-state index contributed by atoms with van der Waals surface area (Å²) in [7, 11) is 0.985. The molecule has 2 rings (SSSR count). The number of urea groups is 1. The number of anilines is 1. The number of nitro benzene ring substituents is 1. The molecule has 0 heterocycles. The number of amides is 3. The summed E-state index contributed by atoms with van der Waals surface area (Å²) in [4.78, 5) is 35.1. The Balaban J connectivity index is 2.67. The van der Waals surface area contributed by atoms with E-state index in [1.165, 1.54) is 18.2 Å². The van der Waals surface area contributed by atoms with Gasteiger partial charge in [-0.3, -0.25) is 19.9 Å². The van der Waals surface area contributed by atoms with Crippen LogP contribution in [0.2, 0.25) is 15.1 Å². The van der Waals surface area contributed by atoms with Crippen LogP contribution in [-0.4, -0.2) is 28.9 Å². The number of nitrogens with zero attached hydrogens (tertiary/aromatic N) is 3. The summed E-state index contributed by atoms with van der Waals surface area (Å²) < 4.78 is 39.2. The van der Waals surface area contributed by atoms with E-state index in [-0.39, 0.29) is 26.7 Å². The maximum Gasteiger partial charge on any atom is 0.418 e. The van der Waals surface area contributed by atoms with Crippen LogP contribution < -0.4 is 10.7 Å². The van der Waals surface area contributed by atoms with E-state index < -0.39 is 45.0 Å². The molecule has 0 saturated carbocycles. The van der Waals surface area contributed by atoms with Gasteiger partial charge in [0.05, 0.1) is 31.1 Å². The van der Waals surface area contributed by atoms with Gasteiger partial charge in [0, 0.05) is 13.1 Å². The lowest BCUT2D eigenvalue weighted by Gasteiger charge is -2.30. The smallest absolute Gasteiger partial charge is 0.350 e. The minimum atomic E-state index is -4.98. The van der Waals surface area contributed by atoms with E-state index in [0.717, 1.165) is 7.05 Å². The molecule has 0 aliphatic rings. The van der Waals surface area contributed by atoms with Gasteiger partial charge >= 0.3 is 12.2 Å². The number of alkyl halides is 3. The lowest BCUT2D eigenvalue weighted by molar-refractivity contribution is -0.384. The molecule has 3 amide bonds. The quantitative estimate of drug-likeness (QED) is 0.476. The summed E-state index contributed by atoms with van der Waals surface area (Å²) >= 11 is 17.5. The largest absolute Gasteiger partial charge is 0.418 e. The van der Waals surface area contributed by atoms with Crippen molar-refractivity contribution in [3.63, 3.8) is 0 Å². The predicted molar refractivity (Wildman–Crippen MR) is 104 cm³/mol. The molecule has 160 valence electrons. The van der Waals surface area contributed by atoms with E-state index in [1.807, 2.05) is 0 Å². The lowest BCUT2D eigenvalue weighted by atomic mass is 10.1. The molecule has 0 saturated heterocycles. The van der Waals surface area contributed by atoms with E-state index >= 15 is 0 Å². The van der Waals surface area contributed by atoms with Gasteiger partial charge in [-0.2, -0.15) is 18.2 Å². The van der Waals surface area contributed by atoms with Crippen molar-refractivity contribution >= 4 is 58.1 Å². The average molecular weight is 486 g/mol. The third kappa shape index (κ3) is 4.53. The highest BCUT2D eigenvalue weighted by Gasteiger charge is 2.38. The Bertz CT molecular complexity index is 1030. The fraction of sp³-hybridized carbons (Fsp3) is 0.125. The number of carbonyl (C=O) groups excluding carboxylic acids is 2. The zero-order valence-corrected chi connectivity index (χ0v) is 17.0. The monoisotopic (exact) mass is 484 g/mol. The topological polar surface area (TPSA) is 110 Å². The summed E-state index contributed by atoms with van der Waals surface area (Å²) in [5.41, 5.74) is 1.70. The molecule has 2 aromatic carbocycles. The number of benzene rings is 2. The highest BCUT2D eigenvalue weighted by atomic mass is 35.5. The number of nitrogens with two attached hydrogens (primary N) is 1. The van der Waals surface area contributed by atoms with E-state index in [0.29, 0.717) is 11.1 Å². The van der Waals surface area contributed by atoms with Gasteiger partial charge in [-0.05, 0) is 18.2 Å². The van der Waals surface area contributed by atoms with Crippen LogP contribution in [0.1, 0.15) is 15.9 Å². The fourth-order valence-corrected chi connectivity index (χ4v) is 3.30. The first-order chi connectivity index (χ1) is 13.8. The van der Waals surface area contributed by atoms with Gasteiger partial charge in [0.2, 0.25) is 0 Å². The first-order valence-corrected chi connectivity index (χ1v) is 8.77. The van der Waals surface area contributed by atoms with Gasteiger partial charge in [0.15, 0.2) is 0 Å². The second-order valence-corrected chi connectivity index (χ2v) is 6.87. The standard InChI is InChI=1S/C16H10Cl3F3N4O4/c1-24(11-6-10(19)7(16(20,21)22)5-12(11)26(29)30)25(15(23)28)14(27)13-8(17)3-2-4-9(13)18/h2-6H,1H3,(H2,23,28). The Morgan fingerprint density at radius 1 is 1.10 bits per heavy atom. The summed E-state index contributed by atoms with van der Waals surface area (Å²) in [6.45, 7) is 0. The molecule has 14 heteroatoms. The number of hydrogen-bond donors (Lipinski definition) is 1. The van der Waals surface area contributed by atoms with Crippen LogP contribution in [0.15, 0.2) is 30.3 Å². The Kier molecular flexibility index (Phi) is 6.70. The number of rotatable bonds is 4. The van der Waals surface area contributed by atoms with E-state index in [9.17, 15) is 32.9 Å². The molecular formula is C16H10Cl3F3N4O4. The number of hydrazine groups is 1. The molecule has 30 heavy (non-hydrogen) atoms. The Hall–Kier alpha value is -2.76. The normalized spacial score (nSPS) is 11.2. The molecule has 0 atom stereocenters. The van der Waals surface area contributed by atoms with Crippen molar-refractivity contribution in [2.75, 3.05) is 12.1 Å². The molecule has 0 aromatic heterocycles. The van der Waals surface area contributed by atoms with Crippen molar-refractivity contribution in [1.82, 2.24) is 5.01 Å². The number of imide groups is 1. The molecule has 0 radical (unpaired) electrons. The highest BCUT2D eigenvalue weighted by molar-refractivity contribution is 6.40. The Morgan fingerprint density at radius 2 is 1.63 bits per heavy atom. The first kappa shape index (κ1) is 23.5. The number of hydrogen-bond acceptors (Lipinski definition) is 5. The third-order valence-corrected chi connectivity index (χ3v) is 4.74. The average Bonchev–Trinajstić information content (AvgIpc) is 2.59. The van der Waals surface area contributed by atoms with E-state index in [4.69, 9.17) is 40.5 Å². The number of primary amides is 1. The van der Waals surface area contributed by atoms with Gasteiger partial charge in [0.1, 0.15) is 5.69 Å². The maximum absolute atomic E-state index is 13.1. The van der Waals surface area contributed by atoms with Crippen LogP contribution in [0.4, 0.5) is 29.3 Å². The summed E-state index contributed by atoms with van der Waals surface area (Å²) in [5.74, 6) is -1.18. The zero-order chi connectivity index (χ0) is 23.0. The first-order valence-electron chi connectivity index (χ1n) is 7.64. The molecule has 0 bridgehead atoms. The third-order valence-electron chi connectivity index (χ3n) is 3.79. The maximum atomic E-state index is 13.1. The van der Waals surface area contributed by atoms with Crippen LogP contribution in [0.3, 0.4) is 0 Å². The summed E-state index contributed by atoms with van der Waals surface area (Å²) in [5, 5.41) is 10.9. The van der Waals surface area contributed by atoms with Crippen molar-refractivity contribution in [2.45, 2.75) is 6.18 Å². The van der Waals surface area contributed by atoms with Crippen molar-refractivity contribution in [2.24, 2.45) is 5.73 Å². The molecule has 0 fully saturated rings. The molecule has 0 spiro atoms. The highest BCUT2D eigenvalue weighted by Crippen LogP contribution is 2.41. The van der Waals surface area contributed by atoms with Crippen LogP contribution in [0.25, 0.3) is 0 Å². The predicted octanol–water partition coefficient (Wildman–Crippen LogP) is 5.15. The zero-order valence-electron chi connectivity index (χ0n) is 14.7. The molecule has 2 N–H and O–H groups in total. The number of nitro groups is 1. The van der Waals surface area contributed by atoms with E-state index in [2.05, 4.69) is 0 Å².